The molecule has 0 fully saturated rings. The number of allylic oxidation sites excluding steroid dienone is 1. The van der Waals surface area contributed by atoms with Crippen molar-refractivity contribution in [3.8, 4) is 17.6 Å². The molecule has 0 aliphatic carbocycles. The maximum Gasteiger partial charge on any atom is 0.231 e. The third-order valence-electron chi connectivity index (χ3n) is 4.64. The van der Waals surface area contributed by atoms with Gasteiger partial charge in [-0.15, -0.1) is 0 Å². The molecule has 6 nitrogen and oxygen atoms in total. The Kier molecular flexibility index (Phi) is 5.49. The Bertz CT molecular complexity index is 1210. The van der Waals surface area contributed by atoms with Crippen molar-refractivity contribution in [3.63, 3.8) is 0 Å². The summed E-state index contributed by atoms with van der Waals surface area (Å²) >= 11 is 12.4. The van der Waals surface area contributed by atoms with Gasteiger partial charge in [0.25, 0.3) is 0 Å². The van der Waals surface area contributed by atoms with Crippen molar-refractivity contribution in [2.24, 2.45) is 0 Å². The molecule has 0 bridgehead atoms. The SMILES string of the molecule is Cc1nn(Cc2ccc(Cl)cc2)c(Cl)c1/C=C(\C#N)C(=O)c1ccc2c(c1)OCO2. The summed E-state index contributed by atoms with van der Waals surface area (Å²) in [5, 5.41) is 15.0. The average molecular weight is 440 g/mol. The van der Waals surface area contributed by atoms with Crippen LogP contribution in [0.15, 0.2) is 48.0 Å². The monoisotopic (exact) mass is 439 g/mol. The average Bonchev–Trinajstić information content (AvgIpc) is 3.32. The number of carbonyl (C=O) groups excluding carboxylic acids is 1. The molecule has 8 heteroatoms. The Balaban J connectivity index is 1.64. The fourth-order valence-electron chi connectivity index (χ4n) is 3.08. The summed E-state index contributed by atoms with van der Waals surface area (Å²) in [7, 11) is 0. The van der Waals surface area contributed by atoms with Gasteiger partial charge in [0, 0.05) is 16.1 Å². The zero-order valence-corrected chi connectivity index (χ0v) is 17.4. The van der Waals surface area contributed by atoms with Gasteiger partial charge in [-0.1, -0.05) is 35.3 Å². The standard InChI is InChI=1S/C22H15Cl2N3O3/c1-13-18(22(24)27(26-13)11-14-2-5-17(23)6-3-14)8-16(10-25)21(28)15-4-7-19-20(9-15)30-12-29-19/h2-9H,11-12H2,1H3/b16-8+. The Hall–Kier alpha value is -3.27. The van der Waals surface area contributed by atoms with Gasteiger partial charge in [-0.2, -0.15) is 10.4 Å². The van der Waals surface area contributed by atoms with E-state index in [9.17, 15) is 10.1 Å². The lowest BCUT2D eigenvalue weighted by molar-refractivity contribution is 0.103. The van der Waals surface area contributed by atoms with E-state index in [1.54, 1.807) is 41.9 Å². The van der Waals surface area contributed by atoms with E-state index in [4.69, 9.17) is 32.7 Å². The molecule has 2 heterocycles. The third-order valence-corrected chi connectivity index (χ3v) is 5.29. The highest BCUT2D eigenvalue weighted by Crippen LogP contribution is 2.33. The Morgan fingerprint density at radius 3 is 2.67 bits per heavy atom. The topological polar surface area (TPSA) is 77.1 Å². The fraction of sp³-hybridized carbons (Fsp3) is 0.136. The normalized spacial score (nSPS) is 12.7. The van der Waals surface area contributed by atoms with Crippen LogP contribution in [-0.2, 0) is 6.54 Å². The highest BCUT2D eigenvalue weighted by Gasteiger charge is 2.20. The number of benzene rings is 2. The van der Waals surface area contributed by atoms with Crippen molar-refractivity contribution in [1.29, 1.82) is 5.26 Å². The van der Waals surface area contributed by atoms with Crippen LogP contribution >= 0.6 is 23.2 Å². The van der Waals surface area contributed by atoms with Gasteiger partial charge in [0.05, 0.1) is 12.2 Å². The fourth-order valence-corrected chi connectivity index (χ4v) is 3.50. The lowest BCUT2D eigenvalue weighted by Gasteiger charge is -2.04. The Morgan fingerprint density at radius 2 is 1.93 bits per heavy atom. The molecule has 3 aromatic rings. The Labute approximate surface area is 182 Å². The summed E-state index contributed by atoms with van der Waals surface area (Å²) in [6.45, 7) is 2.31. The molecule has 0 atom stereocenters. The van der Waals surface area contributed by atoms with Crippen molar-refractivity contribution in [2.75, 3.05) is 6.79 Å². The van der Waals surface area contributed by atoms with Crippen LogP contribution in [0.5, 0.6) is 11.5 Å². The molecule has 2 aromatic carbocycles. The smallest absolute Gasteiger partial charge is 0.231 e. The summed E-state index contributed by atoms with van der Waals surface area (Å²) < 4.78 is 12.2. The molecular weight excluding hydrogens is 425 g/mol. The summed E-state index contributed by atoms with van der Waals surface area (Å²) in [5.41, 5.74) is 2.38. The van der Waals surface area contributed by atoms with Gasteiger partial charge in [0.2, 0.25) is 12.6 Å². The lowest BCUT2D eigenvalue weighted by Crippen LogP contribution is -2.02. The summed E-state index contributed by atoms with van der Waals surface area (Å²) in [6.07, 6.45) is 1.47. The number of Topliss-reactive ketones (excluding diaryl/α,β-unsaturated/α-hetero) is 1. The first-order valence-corrected chi connectivity index (χ1v) is 9.75. The zero-order chi connectivity index (χ0) is 21.3. The van der Waals surface area contributed by atoms with Crippen LogP contribution in [0.2, 0.25) is 10.2 Å². The van der Waals surface area contributed by atoms with E-state index in [1.807, 2.05) is 18.2 Å². The number of ether oxygens (including phenoxy) is 2. The molecular formula is C22H15Cl2N3O3. The summed E-state index contributed by atoms with van der Waals surface area (Å²) in [5.74, 6) is 0.608. The number of hydrogen-bond donors (Lipinski definition) is 0. The quantitative estimate of drug-likeness (QED) is 0.315. The predicted molar refractivity (Wildman–Crippen MR) is 113 cm³/mol. The maximum absolute atomic E-state index is 12.9. The van der Waals surface area contributed by atoms with Crippen molar-refractivity contribution in [1.82, 2.24) is 9.78 Å². The third kappa shape index (κ3) is 3.90. The number of fused-ring (bicyclic) bond motifs is 1. The minimum atomic E-state index is -0.434. The van der Waals surface area contributed by atoms with Crippen LogP contribution in [-0.4, -0.2) is 22.4 Å². The van der Waals surface area contributed by atoms with E-state index < -0.39 is 5.78 Å². The molecule has 0 amide bonds. The molecule has 1 aliphatic rings. The second-order valence-electron chi connectivity index (χ2n) is 6.64. The lowest BCUT2D eigenvalue weighted by atomic mass is 10.0. The van der Waals surface area contributed by atoms with Crippen molar-refractivity contribution in [3.05, 3.63) is 80.6 Å². The number of hydrogen-bond acceptors (Lipinski definition) is 5. The van der Waals surface area contributed by atoms with Crippen molar-refractivity contribution >= 4 is 35.1 Å². The first-order valence-electron chi connectivity index (χ1n) is 9.00. The molecule has 0 N–H and O–H groups in total. The maximum atomic E-state index is 12.9. The number of nitriles is 1. The Morgan fingerprint density at radius 1 is 1.20 bits per heavy atom. The van der Waals surface area contributed by atoms with Gasteiger partial charge < -0.3 is 9.47 Å². The van der Waals surface area contributed by atoms with Crippen LogP contribution in [0.4, 0.5) is 0 Å². The second-order valence-corrected chi connectivity index (χ2v) is 7.44. The van der Waals surface area contributed by atoms with Gasteiger partial charge in [-0.3, -0.25) is 4.79 Å². The largest absolute Gasteiger partial charge is 0.454 e. The van der Waals surface area contributed by atoms with Crippen LogP contribution in [0, 0.1) is 18.3 Å². The molecule has 4 rings (SSSR count). The van der Waals surface area contributed by atoms with Gasteiger partial charge in [-0.05, 0) is 48.9 Å². The molecule has 1 aliphatic heterocycles. The summed E-state index contributed by atoms with van der Waals surface area (Å²) in [4.78, 5) is 12.9. The highest BCUT2D eigenvalue weighted by molar-refractivity contribution is 6.31. The molecule has 150 valence electrons. The number of aryl methyl sites for hydroxylation is 1. The molecule has 0 saturated carbocycles. The number of ketones is 1. The number of halogens is 2. The van der Waals surface area contributed by atoms with Crippen LogP contribution < -0.4 is 9.47 Å². The summed E-state index contributed by atoms with van der Waals surface area (Å²) in [6, 6.07) is 14.1. The predicted octanol–water partition coefficient (Wildman–Crippen LogP) is 5.07. The van der Waals surface area contributed by atoms with Crippen molar-refractivity contribution < 1.29 is 14.3 Å². The van der Waals surface area contributed by atoms with Gasteiger partial charge >= 0.3 is 0 Å². The van der Waals surface area contributed by atoms with E-state index in [2.05, 4.69) is 5.10 Å². The number of carbonyl (C=O) groups is 1. The van der Waals surface area contributed by atoms with Gasteiger partial charge in [0.15, 0.2) is 11.5 Å². The van der Waals surface area contributed by atoms with E-state index in [0.717, 1.165) is 5.56 Å². The van der Waals surface area contributed by atoms with Crippen LogP contribution in [0.1, 0.15) is 27.2 Å². The zero-order valence-electron chi connectivity index (χ0n) is 15.9. The number of aromatic nitrogens is 2. The van der Waals surface area contributed by atoms with E-state index >= 15 is 0 Å². The molecule has 0 spiro atoms. The molecule has 30 heavy (non-hydrogen) atoms. The van der Waals surface area contributed by atoms with Crippen LogP contribution in [0.3, 0.4) is 0 Å². The van der Waals surface area contributed by atoms with Gasteiger partial charge in [0.1, 0.15) is 16.8 Å². The van der Waals surface area contributed by atoms with Gasteiger partial charge in [-0.25, -0.2) is 4.68 Å². The second kappa shape index (κ2) is 8.23. The number of nitrogens with zero attached hydrogens (tertiary/aromatic N) is 3. The van der Waals surface area contributed by atoms with E-state index in [0.29, 0.717) is 45.0 Å². The highest BCUT2D eigenvalue weighted by atomic mass is 35.5. The van der Waals surface area contributed by atoms with E-state index in [1.165, 1.54) is 6.08 Å². The van der Waals surface area contributed by atoms with E-state index in [-0.39, 0.29) is 12.4 Å². The molecule has 0 radical (unpaired) electrons. The first-order chi connectivity index (χ1) is 14.5. The first kappa shape index (κ1) is 20.0. The van der Waals surface area contributed by atoms with Crippen LogP contribution in [0.25, 0.3) is 6.08 Å². The number of rotatable bonds is 5. The molecule has 1 aromatic heterocycles. The minimum Gasteiger partial charge on any atom is -0.454 e. The molecule has 0 saturated heterocycles. The molecule has 0 unspecified atom stereocenters. The minimum absolute atomic E-state index is 0.0510. The van der Waals surface area contributed by atoms with Crippen molar-refractivity contribution in [2.45, 2.75) is 13.5 Å².